The van der Waals surface area contributed by atoms with Gasteiger partial charge >= 0.3 is 0 Å². The van der Waals surface area contributed by atoms with Crippen LogP contribution in [0.15, 0.2) is 18.3 Å². The summed E-state index contributed by atoms with van der Waals surface area (Å²) in [5.74, 6) is 0.165. The molecule has 2 aromatic heterocycles. The van der Waals surface area contributed by atoms with Crippen molar-refractivity contribution in [3.8, 4) is 0 Å². The lowest BCUT2D eigenvalue weighted by atomic mass is 9.99. The number of likely N-dealkylation sites (tertiary alicyclic amines) is 1. The van der Waals surface area contributed by atoms with Crippen LogP contribution < -0.4 is 0 Å². The van der Waals surface area contributed by atoms with Gasteiger partial charge in [-0.15, -0.1) is 0 Å². The number of hydrogen-bond donors (Lipinski definition) is 0. The summed E-state index contributed by atoms with van der Waals surface area (Å²) < 4.78 is 2.00. The van der Waals surface area contributed by atoms with Gasteiger partial charge in [0.05, 0.1) is 5.69 Å². The third kappa shape index (κ3) is 2.87. The molecule has 1 saturated heterocycles. The molecule has 23 heavy (non-hydrogen) atoms. The maximum absolute atomic E-state index is 13.3. The largest absolute Gasteiger partial charge is 0.334 e. The molecule has 3 heterocycles. The fraction of sp³-hybridized carbons (Fsp3) is 0.579. The van der Waals surface area contributed by atoms with Gasteiger partial charge in [0.15, 0.2) is 0 Å². The number of pyridine rings is 1. The van der Waals surface area contributed by atoms with Gasteiger partial charge in [-0.2, -0.15) is 0 Å². The lowest BCUT2D eigenvalue weighted by molar-refractivity contribution is 0.0599. The quantitative estimate of drug-likeness (QED) is 0.855. The minimum Gasteiger partial charge on any atom is -0.334 e. The van der Waals surface area contributed by atoms with Crippen molar-refractivity contribution in [2.45, 2.75) is 65.3 Å². The summed E-state index contributed by atoms with van der Waals surface area (Å²) in [5, 5.41) is 0. The zero-order chi connectivity index (χ0) is 16.4. The second-order valence-corrected chi connectivity index (χ2v) is 6.60. The van der Waals surface area contributed by atoms with Crippen LogP contribution in [0.5, 0.6) is 0 Å². The molecule has 0 N–H and O–H groups in total. The Kier molecular flexibility index (Phi) is 4.69. The van der Waals surface area contributed by atoms with E-state index >= 15 is 0 Å². The Bertz CT molecular complexity index is 704. The maximum atomic E-state index is 13.3. The standard InChI is InChI=1S/C19H27N3O/c1-4-9-16-17(22-13-8-10-14(3)18(22)20-16)19(23)21-12-7-6-11-15(21)5-2/h8,10,13,15H,4-7,9,11-12H2,1-3H3. The van der Waals surface area contributed by atoms with Crippen LogP contribution in [0.25, 0.3) is 5.65 Å². The Morgan fingerprint density at radius 3 is 2.91 bits per heavy atom. The van der Waals surface area contributed by atoms with Crippen molar-refractivity contribution in [2.75, 3.05) is 6.54 Å². The molecule has 1 amide bonds. The van der Waals surface area contributed by atoms with E-state index in [1.807, 2.05) is 16.7 Å². The summed E-state index contributed by atoms with van der Waals surface area (Å²) in [7, 11) is 0. The number of fused-ring (bicyclic) bond motifs is 1. The number of carbonyl (C=O) groups excluding carboxylic acids is 1. The number of aromatic nitrogens is 2. The first-order valence-corrected chi connectivity index (χ1v) is 8.94. The van der Waals surface area contributed by atoms with E-state index in [-0.39, 0.29) is 5.91 Å². The third-order valence-corrected chi connectivity index (χ3v) is 4.97. The van der Waals surface area contributed by atoms with Gasteiger partial charge in [-0.3, -0.25) is 9.20 Å². The highest BCUT2D eigenvalue weighted by Crippen LogP contribution is 2.25. The van der Waals surface area contributed by atoms with Crippen molar-refractivity contribution in [3.63, 3.8) is 0 Å². The molecule has 1 aliphatic rings. The average molecular weight is 313 g/mol. The number of aryl methyl sites for hydroxylation is 2. The highest BCUT2D eigenvalue weighted by Gasteiger charge is 2.30. The summed E-state index contributed by atoms with van der Waals surface area (Å²) in [5.41, 5.74) is 3.78. The monoisotopic (exact) mass is 313 g/mol. The summed E-state index contributed by atoms with van der Waals surface area (Å²) >= 11 is 0. The topological polar surface area (TPSA) is 37.6 Å². The third-order valence-electron chi connectivity index (χ3n) is 4.97. The van der Waals surface area contributed by atoms with Crippen molar-refractivity contribution >= 4 is 11.6 Å². The number of hydrogen-bond acceptors (Lipinski definition) is 2. The molecule has 1 atom stereocenters. The average Bonchev–Trinajstić information content (AvgIpc) is 2.94. The molecule has 3 rings (SSSR count). The zero-order valence-electron chi connectivity index (χ0n) is 14.5. The number of piperidine rings is 1. The first-order valence-electron chi connectivity index (χ1n) is 8.94. The summed E-state index contributed by atoms with van der Waals surface area (Å²) in [6, 6.07) is 4.44. The second-order valence-electron chi connectivity index (χ2n) is 6.60. The van der Waals surface area contributed by atoms with E-state index < -0.39 is 0 Å². The molecular formula is C19H27N3O. The fourth-order valence-electron chi connectivity index (χ4n) is 3.72. The van der Waals surface area contributed by atoms with E-state index in [1.165, 1.54) is 6.42 Å². The molecule has 1 aliphatic heterocycles. The van der Waals surface area contributed by atoms with Gasteiger partial charge in [0, 0.05) is 18.8 Å². The summed E-state index contributed by atoms with van der Waals surface area (Å²) in [6.45, 7) is 7.26. The number of carbonyl (C=O) groups is 1. The van der Waals surface area contributed by atoms with E-state index in [1.54, 1.807) is 0 Å². The SMILES string of the molecule is CCCc1nc2c(C)cccn2c1C(=O)N1CCCCC1CC. The zero-order valence-corrected chi connectivity index (χ0v) is 14.5. The van der Waals surface area contributed by atoms with Gasteiger partial charge in [-0.05, 0) is 50.7 Å². The van der Waals surface area contributed by atoms with Crippen LogP contribution in [0, 0.1) is 6.92 Å². The molecule has 0 spiro atoms. The molecule has 0 saturated carbocycles. The van der Waals surface area contributed by atoms with Crippen molar-refractivity contribution in [3.05, 3.63) is 35.3 Å². The normalized spacial score (nSPS) is 18.6. The lowest BCUT2D eigenvalue weighted by Gasteiger charge is -2.35. The Balaban J connectivity index is 2.08. The molecule has 1 fully saturated rings. The predicted octanol–water partition coefficient (Wildman–Crippen LogP) is 4.00. The fourth-order valence-corrected chi connectivity index (χ4v) is 3.72. The molecule has 1 unspecified atom stereocenters. The minimum absolute atomic E-state index is 0.165. The van der Waals surface area contributed by atoms with Crippen LogP contribution in [-0.4, -0.2) is 32.8 Å². The van der Waals surface area contributed by atoms with Crippen molar-refractivity contribution < 1.29 is 4.79 Å². The van der Waals surface area contributed by atoms with Crippen molar-refractivity contribution in [2.24, 2.45) is 0 Å². The Labute approximate surface area is 138 Å². The first-order chi connectivity index (χ1) is 11.2. The van der Waals surface area contributed by atoms with Gasteiger partial charge in [0.25, 0.3) is 5.91 Å². The molecule has 0 radical (unpaired) electrons. The van der Waals surface area contributed by atoms with Crippen LogP contribution in [0.2, 0.25) is 0 Å². The number of imidazole rings is 1. The van der Waals surface area contributed by atoms with Gasteiger partial charge in [-0.25, -0.2) is 4.98 Å². The van der Waals surface area contributed by atoms with Crippen molar-refractivity contribution in [1.29, 1.82) is 0 Å². The van der Waals surface area contributed by atoms with Crippen LogP contribution in [0.3, 0.4) is 0 Å². The molecular weight excluding hydrogens is 286 g/mol. The second kappa shape index (κ2) is 6.73. The van der Waals surface area contributed by atoms with E-state index in [4.69, 9.17) is 4.98 Å². The predicted molar refractivity (Wildman–Crippen MR) is 92.9 cm³/mol. The molecule has 2 aromatic rings. The smallest absolute Gasteiger partial charge is 0.273 e. The van der Waals surface area contributed by atoms with Crippen LogP contribution in [-0.2, 0) is 6.42 Å². The van der Waals surface area contributed by atoms with Crippen LogP contribution >= 0.6 is 0 Å². The molecule has 0 aliphatic carbocycles. The molecule has 0 aromatic carbocycles. The van der Waals surface area contributed by atoms with Crippen LogP contribution in [0.1, 0.15) is 67.7 Å². The summed E-state index contributed by atoms with van der Waals surface area (Å²) in [4.78, 5) is 20.2. The molecule has 4 heteroatoms. The minimum atomic E-state index is 0.165. The number of rotatable bonds is 4. The van der Waals surface area contributed by atoms with Gasteiger partial charge < -0.3 is 4.90 Å². The maximum Gasteiger partial charge on any atom is 0.273 e. The van der Waals surface area contributed by atoms with Gasteiger partial charge in [0.1, 0.15) is 11.3 Å². The Hall–Kier alpha value is -1.84. The van der Waals surface area contributed by atoms with Gasteiger partial charge in [-0.1, -0.05) is 26.3 Å². The highest BCUT2D eigenvalue weighted by molar-refractivity contribution is 5.95. The number of amides is 1. The van der Waals surface area contributed by atoms with E-state index in [0.29, 0.717) is 6.04 Å². The molecule has 4 nitrogen and oxygen atoms in total. The van der Waals surface area contributed by atoms with E-state index in [0.717, 1.165) is 61.2 Å². The van der Waals surface area contributed by atoms with Gasteiger partial charge in [0.2, 0.25) is 0 Å². The number of nitrogens with zero attached hydrogens (tertiary/aromatic N) is 3. The lowest BCUT2D eigenvalue weighted by Crippen LogP contribution is -2.44. The first kappa shape index (κ1) is 16.0. The highest BCUT2D eigenvalue weighted by atomic mass is 16.2. The van der Waals surface area contributed by atoms with Crippen LogP contribution in [0.4, 0.5) is 0 Å². The van der Waals surface area contributed by atoms with E-state index in [2.05, 4.69) is 31.7 Å². The Morgan fingerprint density at radius 2 is 2.17 bits per heavy atom. The summed E-state index contributed by atoms with van der Waals surface area (Å²) in [6.07, 6.45) is 8.34. The molecule has 0 bridgehead atoms. The Morgan fingerprint density at radius 1 is 1.35 bits per heavy atom. The van der Waals surface area contributed by atoms with Crippen molar-refractivity contribution in [1.82, 2.24) is 14.3 Å². The molecule has 124 valence electrons. The van der Waals surface area contributed by atoms with E-state index in [9.17, 15) is 4.79 Å².